The molecule has 1 N–H and O–H groups in total. The topological polar surface area (TPSA) is 50.7 Å². The van der Waals surface area contributed by atoms with Gasteiger partial charge in [0.1, 0.15) is 6.33 Å². The molecule has 1 aromatic carbocycles. The molecule has 0 saturated carbocycles. The Kier molecular flexibility index (Phi) is 2.78. The molecule has 15 heavy (non-hydrogen) atoms. The van der Waals surface area contributed by atoms with Crippen molar-refractivity contribution < 1.29 is 0 Å². The van der Waals surface area contributed by atoms with Crippen molar-refractivity contribution in [3.63, 3.8) is 0 Å². The van der Waals surface area contributed by atoms with E-state index in [4.69, 9.17) is 11.6 Å². The van der Waals surface area contributed by atoms with Crippen molar-refractivity contribution in [3.05, 3.63) is 41.4 Å². The number of aromatic nitrogens is 3. The summed E-state index contributed by atoms with van der Waals surface area (Å²) < 4.78 is 0. The predicted octanol–water partition coefficient (Wildman–Crippen LogP) is 2.38. The molecule has 4 nitrogen and oxygen atoms in total. The molecule has 0 unspecified atom stereocenters. The van der Waals surface area contributed by atoms with Gasteiger partial charge in [-0.1, -0.05) is 17.7 Å². The lowest BCUT2D eigenvalue weighted by molar-refractivity contribution is 1.04. The minimum atomic E-state index is 0.427. The highest BCUT2D eigenvalue weighted by atomic mass is 35.5. The monoisotopic (exact) mass is 219 g/mol. The van der Waals surface area contributed by atoms with Crippen LogP contribution in [0.4, 0.5) is 11.6 Å². The molecular weight excluding hydrogens is 212 g/mol. The third kappa shape index (κ3) is 2.41. The van der Waals surface area contributed by atoms with Crippen molar-refractivity contribution in [2.75, 3.05) is 5.32 Å². The number of nitrogens with zero attached hydrogens (tertiary/aromatic N) is 3. The highest BCUT2D eigenvalue weighted by Gasteiger charge is 2.01. The van der Waals surface area contributed by atoms with Gasteiger partial charge in [-0.05, 0) is 24.6 Å². The number of rotatable bonds is 2. The minimum Gasteiger partial charge on any atom is -0.323 e. The Morgan fingerprint density at radius 3 is 2.93 bits per heavy atom. The maximum absolute atomic E-state index is 6.04. The molecule has 0 bridgehead atoms. The van der Waals surface area contributed by atoms with E-state index in [1.165, 1.54) is 6.33 Å². The van der Waals surface area contributed by atoms with Crippen LogP contribution in [0.2, 0.25) is 5.02 Å². The van der Waals surface area contributed by atoms with Crippen LogP contribution in [0.25, 0.3) is 0 Å². The van der Waals surface area contributed by atoms with Crippen LogP contribution in [0.1, 0.15) is 5.56 Å². The summed E-state index contributed by atoms with van der Waals surface area (Å²) in [5.74, 6) is 0.427. The predicted molar refractivity (Wildman–Crippen MR) is 58.1 cm³/mol. The first-order chi connectivity index (χ1) is 7.25. The third-order valence-electron chi connectivity index (χ3n) is 1.82. The van der Waals surface area contributed by atoms with E-state index in [1.807, 2.05) is 25.1 Å². The Labute approximate surface area is 92.4 Å². The molecule has 0 atom stereocenters. The van der Waals surface area contributed by atoms with Crippen molar-refractivity contribution in [2.24, 2.45) is 0 Å². The molecule has 2 aromatic rings. The van der Waals surface area contributed by atoms with Gasteiger partial charge in [-0.25, -0.2) is 9.97 Å². The molecule has 0 aliphatic heterocycles. The van der Waals surface area contributed by atoms with Crippen LogP contribution in [0.15, 0.2) is 24.5 Å². The molecule has 0 fully saturated rings. The number of aryl methyl sites for hydroxylation is 1. The molecule has 0 aliphatic rings. The Morgan fingerprint density at radius 2 is 2.27 bits per heavy atom. The zero-order valence-electron chi connectivity index (χ0n) is 8.03. The molecule has 1 aromatic heterocycles. The third-order valence-corrected chi connectivity index (χ3v) is 2.14. The molecule has 0 saturated heterocycles. The van der Waals surface area contributed by atoms with E-state index in [0.717, 1.165) is 11.3 Å². The van der Waals surface area contributed by atoms with Crippen molar-refractivity contribution in [2.45, 2.75) is 6.92 Å². The molecule has 1 heterocycles. The van der Waals surface area contributed by atoms with Gasteiger partial charge < -0.3 is 5.32 Å². The summed E-state index contributed by atoms with van der Waals surface area (Å²) in [4.78, 5) is 11.3. The van der Waals surface area contributed by atoms with Gasteiger partial charge in [0.25, 0.3) is 0 Å². The van der Waals surface area contributed by atoms with E-state index in [0.29, 0.717) is 11.0 Å². The minimum absolute atomic E-state index is 0.427. The van der Waals surface area contributed by atoms with Crippen LogP contribution in [-0.4, -0.2) is 15.0 Å². The second-order valence-electron chi connectivity index (χ2n) is 3.02. The number of benzene rings is 1. The van der Waals surface area contributed by atoms with Crippen molar-refractivity contribution in [1.82, 2.24) is 15.0 Å². The quantitative estimate of drug-likeness (QED) is 0.843. The van der Waals surface area contributed by atoms with E-state index in [9.17, 15) is 0 Å². The largest absolute Gasteiger partial charge is 0.323 e. The summed E-state index contributed by atoms with van der Waals surface area (Å²) in [6.07, 6.45) is 3.82. The van der Waals surface area contributed by atoms with Gasteiger partial charge in [0, 0.05) is 0 Å². The fourth-order valence-corrected chi connectivity index (χ4v) is 1.40. The average Bonchev–Trinajstić information content (AvgIpc) is 2.24. The Bertz CT molecular complexity index is 458. The molecule has 2 rings (SSSR count). The smallest absolute Gasteiger partial charge is 0.230 e. The summed E-state index contributed by atoms with van der Waals surface area (Å²) >= 11 is 6.04. The first kappa shape index (κ1) is 9.86. The summed E-state index contributed by atoms with van der Waals surface area (Å²) in [6, 6.07) is 5.70. The Hall–Kier alpha value is -1.68. The molecule has 0 spiro atoms. The molecule has 1 radical (unpaired) electrons. The molecular formula is C10H8ClN4. The lowest BCUT2D eigenvalue weighted by Gasteiger charge is -2.06. The maximum Gasteiger partial charge on any atom is 0.230 e. The van der Waals surface area contributed by atoms with E-state index in [-0.39, 0.29) is 0 Å². The van der Waals surface area contributed by atoms with E-state index < -0.39 is 0 Å². The van der Waals surface area contributed by atoms with E-state index in [1.54, 1.807) is 0 Å². The van der Waals surface area contributed by atoms with Crippen molar-refractivity contribution >= 4 is 23.2 Å². The van der Waals surface area contributed by atoms with Crippen molar-refractivity contribution in [3.8, 4) is 0 Å². The van der Waals surface area contributed by atoms with Crippen LogP contribution >= 0.6 is 11.6 Å². The van der Waals surface area contributed by atoms with Crippen LogP contribution in [0.3, 0.4) is 0 Å². The second-order valence-corrected chi connectivity index (χ2v) is 3.42. The van der Waals surface area contributed by atoms with Crippen LogP contribution in [-0.2, 0) is 0 Å². The first-order valence-corrected chi connectivity index (χ1v) is 4.72. The zero-order chi connectivity index (χ0) is 10.7. The fraction of sp³-hybridized carbons (Fsp3) is 0.100. The lowest BCUT2D eigenvalue weighted by Crippen LogP contribution is -1.97. The molecule has 5 heteroatoms. The Morgan fingerprint density at radius 1 is 1.40 bits per heavy atom. The number of hydrogen-bond acceptors (Lipinski definition) is 4. The van der Waals surface area contributed by atoms with E-state index >= 15 is 0 Å². The number of nitrogens with one attached hydrogen (secondary N) is 1. The summed E-state index contributed by atoms with van der Waals surface area (Å²) in [6.45, 7) is 1.98. The summed E-state index contributed by atoms with van der Waals surface area (Å²) in [5, 5.41) is 3.61. The van der Waals surface area contributed by atoms with Gasteiger partial charge >= 0.3 is 0 Å². The van der Waals surface area contributed by atoms with Gasteiger partial charge in [0.15, 0.2) is 0 Å². The Balaban J connectivity index is 2.25. The average molecular weight is 220 g/mol. The normalized spacial score (nSPS) is 10.0. The summed E-state index contributed by atoms with van der Waals surface area (Å²) in [7, 11) is 0. The standard InChI is InChI=1S/C10H8ClN4/c1-7-2-3-9(8(11)4-7)15-10-13-5-12-6-14-10/h2-5H,1H3,(H,12,13,14,15). The van der Waals surface area contributed by atoms with Gasteiger partial charge in [-0.15, -0.1) is 0 Å². The zero-order valence-corrected chi connectivity index (χ0v) is 8.78. The molecule has 0 amide bonds. The highest BCUT2D eigenvalue weighted by Crippen LogP contribution is 2.24. The van der Waals surface area contributed by atoms with Gasteiger partial charge in [-0.2, -0.15) is 4.98 Å². The van der Waals surface area contributed by atoms with Crippen molar-refractivity contribution in [1.29, 1.82) is 0 Å². The van der Waals surface area contributed by atoms with Crippen LogP contribution in [0.5, 0.6) is 0 Å². The molecule has 0 aliphatic carbocycles. The van der Waals surface area contributed by atoms with Crippen LogP contribution in [0, 0.1) is 13.3 Å². The van der Waals surface area contributed by atoms with Gasteiger partial charge in [0.2, 0.25) is 12.3 Å². The lowest BCUT2D eigenvalue weighted by atomic mass is 10.2. The summed E-state index contributed by atoms with van der Waals surface area (Å²) in [5.41, 5.74) is 1.87. The van der Waals surface area contributed by atoms with Crippen LogP contribution < -0.4 is 5.32 Å². The van der Waals surface area contributed by atoms with Gasteiger partial charge in [-0.3, -0.25) is 0 Å². The number of halogens is 1. The highest BCUT2D eigenvalue weighted by molar-refractivity contribution is 6.33. The second kappa shape index (κ2) is 4.23. The number of anilines is 2. The fourth-order valence-electron chi connectivity index (χ4n) is 1.12. The number of hydrogen-bond donors (Lipinski definition) is 1. The molecule has 75 valence electrons. The first-order valence-electron chi connectivity index (χ1n) is 4.34. The SMILES string of the molecule is Cc1ccc(Nc2n[c]ncn2)c(Cl)c1. The van der Waals surface area contributed by atoms with E-state index in [2.05, 4.69) is 26.6 Å². The maximum atomic E-state index is 6.04. The van der Waals surface area contributed by atoms with Gasteiger partial charge in [0.05, 0.1) is 10.7 Å².